The summed E-state index contributed by atoms with van der Waals surface area (Å²) in [6.07, 6.45) is 7.11. The maximum Gasteiger partial charge on any atom is 0.245 e. The molecule has 0 aliphatic rings. The molecule has 2 rings (SSSR count). The van der Waals surface area contributed by atoms with E-state index in [-0.39, 0.29) is 23.8 Å². The number of ether oxygens (including phenoxy) is 2. The molecule has 0 fully saturated rings. The van der Waals surface area contributed by atoms with Crippen molar-refractivity contribution in [3.63, 3.8) is 0 Å². The molecule has 1 heterocycles. The normalized spacial score (nSPS) is 11.4. The van der Waals surface area contributed by atoms with Crippen molar-refractivity contribution in [2.45, 2.75) is 78.1 Å². The summed E-state index contributed by atoms with van der Waals surface area (Å²) in [5.74, 6) is 1.02. The van der Waals surface area contributed by atoms with Crippen molar-refractivity contribution in [1.29, 1.82) is 0 Å². The van der Waals surface area contributed by atoms with E-state index >= 15 is 0 Å². The third kappa shape index (κ3) is 9.30. The highest BCUT2D eigenvalue weighted by atomic mass is 16.5. The van der Waals surface area contributed by atoms with E-state index in [4.69, 9.17) is 14.6 Å². The summed E-state index contributed by atoms with van der Waals surface area (Å²) in [6.45, 7) is 9.15. The van der Waals surface area contributed by atoms with E-state index in [9.17, 15) is 9.59 Å². The second kappa shape index (κ2) is 14.6. The van der Waals surface area contributed by atoms with Crippen LogP contribution in [0.2, 0.25) is 0 Å². The molecule has 36 heavy (non-hydrogen) atoms. The standard InChI is InChI=1S/C28H44N4O4/c1-7-8-9-10-11-12-13-27(34)31(18-19-35-5)21-26(33)29-25-20-24(28(2,3)4)30-32(25)22-14-16-23(36-6)17-15-22/h14-17,20H,7-13,18-19,21H2,1-6H3,(H,29,33). The van der Waals surface area contributed by atoms with Gasteiger partial charge in [-0.25, -0.2) is 4.68 Å². The lowest BCUT2D eigenvalue weighted by molar-refractivity contribution is -0.135. The molecular weight excluding hydrogens is 456 g/mol. The summed E-state index contributed by atoms with van der Waals surface area (Å²) >= 11 is 0. The molecule has 0 saturated heterocycles. The van der Waals surface area contributed by atoms with Gasteiger partial charge in [-0.1, -0.05) is 59.8 Å². The number of anilines is 1. The summed E-state index contributed by atoms with van der Waals surface area (Å²) < 4.78 is 12.2. The van der Waals surface area contributed by atoms with Gasteiger partial charge in [0.25, 0.3) is 0 Å². The number of nitrogens with zero attached hydrogens (tertiary/aromatic N) is 3. The zero-order chi connectivity index (χ0) is 26.6. The van der Waals surface area contributed by atoms with Gasteiger partial charge in [0.15, 0.2) is 0 Å². The number of hydrogen-bond acceptors (Lipinski definition) is 5. The van der Waals surface area contributed by atoms with Gasteiger partial charge in [0.05, 0.1) is 31.6 Å². The molecule has 0 spiro atoms. The largest absolute Gasteiger partial charge is 0.497 e. The maximum absolute atomic E-state index is 13.1. The van der Waals surface area contributed by atoms with Crippen molar-refractivity contribution in [1.82, 2.24) is 14.7 Å². The first-order valence-corrected chi connectivity index (χ1v) is 13.0. The molecule has 0 atom stereocenters. The molecule has 1 N–H and O–H groups in total. The van der Waals surface area contributed by atoms with Crippen molar-refractivity contribution in [3.8, 4) is 11.4 Å². The Morgan fingerprint density at radius 2 is 1.69 bits per heavy atom. The molecule has 0 bridgehead atoms. The minimum atomic E-state index is -0.266. The van der Waals surface area contributed by atoms with E-state index < -0.39 is 0 Å². The van der Waals surface area contributed by atoms with Gasteiger partial charge in [-0.05, 0) is 30.7 Å². The van der Waals surface area contributed by atoms with Crippen LogP contribution in [0.15, 0.2) is 30.3 Å². The first-order valence-electron chi connectivity index (χ1n) is 13.0. The monoisotopic (exact) mass is 500 g/mol. The fourth-order valence-corrected chi connectivity index (χ4v) is 3.82. The van der Waals surface area contributed by atoms with Crippen LogP contribution >= 0.6 is 0 Å². The Morgan fingerprint density at radius 1 is 1.03 bits per heavy atom. The number of methoxy groups -OCH3 is 2. The molecule has 2 amide bonds. The summed E-state index contributed by atoms with van der Waals surface area (Å²) in [5.41, 5.74) is 1.45. The molecule has 8 heteroatoms. The molecule has 0 aliphatic heterocycles. The lowest BCUT2D eigenvalue weighted by atomic mass is 9.92. The fourth-order valence-electron chi connectivity index (χ4n) is 3.82. The Hall–Kier alpha value is -2.87. The smallest absolute Gasteiger partial charge is 0.245 e. The second-order valence-electron chi connectivity index (χ2n) is 10.1. The Balaban J connectivity index is 2.11. The van der Waals surface area contributed by atoms with Gasteiger partial charge < -0.3 is 19.7 Å². The highest BCUT2D eigenvalue weighted by Gasteiger charge is 2.23. The molecule has 0 unspecified atom stereocenters. The Kier molecular flexibility index (Phi) is 11.9. The van der Waals surface area contributed by atoms with Crippen LogP contribution in [-0.2, 0) is 19.7 Å². The lowest BCUT2D eigenvalue weighted by Gasteiger charge is -2.22. The van der Waals surface area contributed by atoms with Crippen molar-refractivity contribution >= 4 is 17.6 Å². The summed E-state index contributed by atoms with van der Waals surface area (Å²) in [4.78, 5) is 27.5. The van der Waals surface area contributed by atoms with E-state index in [2.05, 4.69) is 33.0 Å². The van der Waals surface area contributed by atoms with Gasteiger partial charge in [0.2, 0.25) is 11.8 Å². The van der Waals surface area contributed by atoms with Gasteiger partial charge in [-0.15, -0.1) is 0 Å². The van der Waals surface area contributed by atoms with Gasteiger partial charge >= 0.3 is 0 Å². The molecule has 1 aromatic heterocycles. The number of amides is 2. The Morgan fingerprint density at radius 3 is 2.31 bits per heavy atom. The van der Waals surface area contributed by atoms with E-state index in [1.54, 1.807) is 23.8 Å². The first kappa shape index (κ1) is 29.4. The third-order valence-corrected chi connectivity index (χ3v) is 6.06. The van der Waals surface area contributed by atoms with E-state index in [0.717, 1.165) is 36.4 Å². The molecular formula is C28H44N4O4. The highest BCUT2D eigenvalue weighted by molar-refractivity contribution is 5.94. The van der Waals surface area contributed by atoms with Crippen molar-refractivity contribution in [2.24, 2.45) is 0 Å². The topological polar surface area (TPSA) is 85.7 Å². The molecule has 0 radical (unpaired) electrons. The zero-order valence-corrected chi connectivity index (χ0v) is 22.9. The van der Waals surface area contributed by atoms with Gasteiger partial charge in [-0.3, -0.25) is 9.59 Å². The van der Waals surface area contributed by atoms with Crippen LogP contribution in [-0.4, -0.2) is 60.4 Å². The van der Waals surface area contributed by atoms with E-state index in [1.807, 2.05) is 30.3 Å². The average molecular weight is 501 g/mol. The van der Waals surface area contributed by atoms with Crippen LogP contribution in [0.4, 0.5) is 5.82 Å². The predicted octanol–water partition coefficient (Wildman–Crippen LogP) is 5.34. The number of benzene rings is 1. The molecule has 1 aromatic carbocycles. The summed E-state index contributed by atoms with van der Waals surface area (Å²) in [5, 5.41) is 7.73. The number of carbonyl (C=O) groups is 2. The average Bonchev–Trinajstić information content (AvgIpc) is 3.28. The van der Waals surface area contributed by atoms with Crippen LogP contribution in [0, 0.1) is 0 Å². The van der Waals surface area contributed by atoms with Gasteiger partial charge in [-0.2, -0.15) is 5.10 Å². The highest BCUT2D eigenvalue weighted by Crippen LogP contribution is 2.27. The van der Waals surface area contributed by atoms with Gasteiger partial charge in [0.1, 0.15) is 11.6 Å². The number of rotatable bonds is 15. The van der Waals surface area contributed by atoms with Crippen molar-refractivity contribution in [2.75, 3.05) is 39.2 Å². The van der Waals surface area contributed by atoms with E-state index in [1.165, 1.54) is 19.3 Å². The minimum Gasteiger partial charge on any atom is -0.497 e. The SMILES string of the molecule is CCCCCCCCC(=O)N(CCOC)CC(=O)Nc1cc(C(C)(C)C)nn1-c1ccc(OC)cc1. The second-order valence-corrected chi connectivity index (χ2v) is 10.1. The predicted molar refractivity (Wildman–Crippen MR) is 144 cm³/mol. The van der Waals surface area contributed by atoms with Crippen LogP contribution in [0.5, 0.6) is 5.75 Å². The number of nitrogens with one attached hydrogen (secondary N) is 1. The first-order chi connectivity index (χ1) is 17.2. The molecule has 0 saturated carbocycles. The Labute approximate surface area is 216 Å². The summed E-state index contributed by atoms with van der Waals surface area (Å²) in [6, 6.07) is 9.38. The number of aromatic nitrogens is 2. The number of carbonyl (C=O) groups excluding carboxylic acids is 2. The fraction of sp³-hybridized carbons (Fsp3) is 0.607. The molecule has 200 valence electrons. The molecule has 2 aromatic rings. The zero-order valence-electron chi connectivity index (χ0n) is 22.9. The number of unbranched alkanes of at least 4 members (excludes halogenated alkanes) is 5. The van der Waals surface area contributed by atoms with E-state index in [0.29, 0.717) is 25.4 Å². The Bertz CT molecular complexity index is 947. The third-order valence-electron chi connectivity index (χ3n) is 6.06. The molecule has 0 aliphatic carbocycles. The quantitative estimate of drug-likeness (QED) is 0.334. The molecule has 8 nitrogen and oxygen atoms in total. The maximum atomic E-state index is 13.1. The number of hydrogen-bond donors (Lipinski definition) is 1. The van der Waals surface area contributed by atoms with Crippen molar-refractivity contribution in [3.05, 3.63) is 36.0 Å². The van der Waals surface area contributed by atoms with Crippen LogP contribution in [0.25, 0.3) is 5.69 Å². The minimum absolute atomic E-state index is 0.0169. The lowest BCUT2D eigenvalue weighted by Crippen LogP contribution is -2.40. The van der Waals surface area contributed by atoms with Crippen LogP contribution in [0.3, 0.4) is 0 Å². The van der Waals surface area contributed by atoms with Crippen molar-refractivity contribution < 1.29 is 19.1 Å². The van der Waals surface area contributed by atoms with Crippen LogP contribution < -0.4 is 10.1 Å². The van der Waals surface area contributed by atoms with Gasteiger partial charge in [0, 0.05) is 31.6 Å². The van der Waals surface area contributed by atoms with Crippen LogP contribution in [0.1, 0.15) is 78.3 Å². The summed E-state index contributed by atoms with van der Waals surface area (Å²) in [7, 11) is 3.22.